The number of nitrogens with one attached hydrogen (secondary N) is 1. The van der Waals surface area contributed by atoms with Crippen LogP contribution in [0.1, 0.15) is 26.3 Å². The molecule has 5 nitrogen and oxygen atoms in total. The summed E-state index contributed by atoms with van der Waals surface area (Å²) in [5.41, 5.74) is 1.12. The predicted octanol–water partition coefficient (Wildman–Crippen LogP) is 2.13. The summed E-state index contributed by atoms with van der Waals surface area (Å²) in [7, 11) is 0. The average Bonchev–Trinajstić information content (AvgIpc) is 2.35. The Morgan fingerprint density at radius 3 is 2.35 bits per heavy atom. The highest BCUT2D eigenvalue weighted by atomic mass is 16.7. The van der Waals surface area contributed by atoms with Crippen LogP contribution < -0.4 is 5.32 Å². The Bertz CT molecular complexity index is 480. The van der Waals surface area contributed by atoms with Crippen molar-refractivity contribution in [2.75, 3.05) is 0 Å². The SMILES string of the molecule is CC1=CC(=O)OC(C)(C)O1.O=CNCc1ccccc1. The third-order valence-electron chi connectivity index (χ3n) is 2.31. The molecule has 0 bridgehead atoms. The highest BCUT2D eigenvalue weighted by Gasteiger charge is 2.27. The molecule has 0 fully saturated rings. The zero-order valence-electron chi connectivity index (χ0n) is 11.9. The quantitative estimate of drug-likeness (QED) is 0.679. The van der Waals surface area contributed by atoms with Crippen LogP contribution in [0.2, 0.25) is 0 Å². The van der Waals surface area contributed by atoms with Gasteiger partial charge in [-0.15, -0.1) is 0 Å². The number of carbonyl (C=O) groups excluding carboxylic acids is 2. The van der Waals surface area contributed by atoms with E-state index in [9.17, 15) is 9.59 Å². The zero-order valence-corrected chi connectivity index (χ0v) is 11.9. The van der Waals surface area contributed by atoms with Crippen molar-refractivity contribution in [3.05, 3.63) is 47.7 Å². The Balaban J connectivity index is 0.000000200. The van der Waals surface area contributed by atoms with E-state index >= 15 is 0 Å². The second-order valence-corrected chi connectivity index (χ2v) is 4.66. The third kappa shape index (κ3) is 6.04. The monoisotopic (exact) mass is 277 g/mol. The van der Waals surface area contributed by atoms with Gasteiger partial charge < -0.3 is 14.8 Å². The maximum atomic E-state index is 10.7. The minimum atomic E-state index is -0.796. The molecular weight excluding hydrogens is 258 g/mol. The first-order valence-electron chi connectivity index (χ1n) is 6.24. The van der Waals surface area contributed by atoms with Crippen molar-refractivity contribution >= 4 is 12.4 Å². The fraction of sp³-hybridized carbons (Fsp3) is 0.333. The predicted molar refractivity (Wildman–Crippen MR) is 74.4 cm³/mol. The Labute approximate surface area is 118 Å². The third-order valence-corrected chi connectivity index (χ3v) is 2.31. The van der Waals surface area contributed by atoms with Crippen LogP contribution in [0.4, 0.5) is 0 Å². The average molecular weight is 277 g/mol. The van der Waals surface area contributed by atoms with Gasteiger partial charge in [-0.25, -0.2) is 4.79 Å². The van der Waals surface area contributed by atoms with Gasteiger partial charge in [-0.3, -0.25) is 4.79 Å². The van der Waals surface area contributed by atoms with E-state index in [1.807, 2.05) is 30.3 Å². The van der Waals surface area contributed by atoms with Gasteiger partial charge in [0.2, 0.25) is 12.2 Å². The van der Waals surface area contributed by atoms with Crippen LogP contribution in [-0.2, 0) is 25.6 Å². The van der Waals surface area contributed by atoms with Crippen LogP contribution in [0.5, 0.6) is 0 Å². The lowest BCUT2D eigenvalue weighted by atomic mass is 10.2. The van der Waals surface area contributed by atoms with Crippen molar-refractivity contribution < 1.29 is 19.1 Å². The number of cyclic esters (lactones) is 1. The minimum absolute atomic E-state index is 0.339. The first kappa shape index (κ1) is 15.8. The number of hydrogen-bond acceptors (Lipinski definition) is 4. The summed E-state index contributed by atoms with van der Waals surface area (Å²) >= 11 is 0. The van der Waals surface area contributed by atoms with Gasteiger partial charge in [-0.05, 0) is 12.5 Å². The summed E-state index contributed by atoms with van der Waals surface area (Å²) in [5, 5.41) is 2.58. The van der Waals surface area contributed by atoms with Gasteiger partial charge >= 0.3 is 5.97 Å². The summed E-state index contributed by atoms with van der Waals surface area (Å²) in [5.74, 6) is -0.536. The molecule has 1 aromatic carbocycles. The molecule has 1 aliphatic heterocycles. The van der Waals surface area contributed by atoms with Crippen molar-refractivity contribution in [3.8, 4) is 0 Å². The lowest BCUT2D eigenvalue weighted by Crippen LogP contribution is -2.33. The molecule has 1 heterocycles. The van der Waals surface area contributed by atoms with Crippen LogP contribution >= 0.6 is 0 Å². The van der Waals surface area contributed by atoms with Crippen molar-refractivity contribution in [1.29, 1.82) is 0 Å². The zero-order chi connectivity index (χ0) is 15.0. The molecule has 2 rings (SSSR count). The number of esters is 1. The minimum Gasteiger partial charge on any atom is -0.457 e. The second-order valence-electron chi connectivity index (χ2n) is 4.66. The molecule has 0 atom stereocenters. The van der Waals surface area contributed by atoms with Crippen LogP contribution in [-0.4, -0.2) is 18.2 Å². The molecule has 0 spiro atoms. The molecule has 0 aromatic heterocycles. The van der Waals surface area contributed by atoms with E-state index in [2.05, 4.69) is 5.32 Å². The molecule has 5 heteroatoms. The van der Waals surface area contributed by atoms with Gasteiger partial charge in [0.05, 0.1) is 6.08 Å². The van der Waals surface area contributed by atoms with E-state index in [0.29, 0.717) is 18.7 Å². The number of hydrogen-bond donors (Lipinski definition) is 1. The van der Waals surface area contributed by atoms with E-state index in [4.69, 9.17) is 9.47 Å². The van der Waals surface area contributed by atoms with Crippen LogP contribution in [0, 0.1) is 0 Å². The molecule has 0 saturated carbocycles. The highest BCUT2D eigenvalue weighted by molar-refractivity contribution is 5.83. The molecule has 0 unspecified atom stereocenters. The van der Waals surface area contributed by atoms with Gasteiger partial charge in [0, 0.05) is 20.4 Å². The number of allylic oxidation sites excluding steroid dienone is 1. The van der Waals surface area contributed by atoms with E-state index in [1.165, 1.54) is 6.08 Å². The van der Waals surface area contributed by atoms with Gasteiger partial charge in [0.25, 0.3) is 0 Å². The highest BCUT2D eigenvalue weighted by Crippen LogP contribution is 2.20. The molecule has 1 N–H and O–H groups in total. The maximum Gasteiger partial charge on any atom is 0.337 e. The fourth-order valence-electron chi connectivity index (χ4n) is 1.63. The molecular formula is C15H19NO4. The normalized spacial score (nSPS) is 15.8. The molecule has 0 aliphatic carbocycles. The summed E-state index contributed by atoms with van der Waals surface area (Å²) in [6.45, 7) is 5.73. The Morgan fingerprint density at radius 1 is 1.20 bits per heavy atom. The summed E-state index contributed by atoms with van der Waals surface area (Å²) in [6.07, 6.45) is 2.03. The van der Waals surface area contributed by atoms with Gasteiger partial charge in [-0.2, -0.15) is 0 Å². The van der Waals surface area contributed by atoms with Crippen LogP contribution in [0.15, 0.2) is 42.2 Å². The van der Waals surface area contributed by atoms with Gasteiger partial charge in [-0.1, -0.05) is 30.3 Å². The molecule has 0 saturated heterocycles. The number of ether oxygens (including phenoxy) is 2. The smallest absolute Gasteiger partial charge is 0.337 e. The molecule has 1 aromatic rings. The molecule has 1 aliphatic rings. The molecule has 108 valence electrons. The van der Waals surface area contributed by atoms with Crippen molar-refractivity contribution in [2.24, 2.45) is 0 Å². The van der Waals surface area contributed by atoms with Crippen molar-refractivity contribution in [1.82, 2.24) is 5.32 Å². The second kappa shape index (κ2) is 7.33. The fourth-order valence-corrected chi connectivity index (χ4v) is 1.63. The number of carbonyl (C=O) groups is 2. The van der Waals surface area contributed by atoms with E-state index < -0.39 is 5.79 Å². The first-order chi connectivity index (χ1) is 9.43. The number of amides is 1. The summed E-state index contributed by atoms with van der Waals surface area (Å²) < 4.78 is 9.97. The Hall–Kier alpha value is -2.30. The maximum absolute atomic E-state index is 10.7. The topological polar surface area (TPSA) is 64.6 Å². The van der Waals surface area contributed by atoms with Crippen LogP contribution in [0.25, 0.3) is 0 Å². The Kier molecular flexibility index (Phi) is 5.77. The van der Waals surface area contributed by atoms with Gasteiger partial charge in [0.1, 0.15) is 5.76 Å². The number of rotatable bonds is 3. The van der Waals surface area contributed by atoms with E-state index in [-0.39, 0.29) is 5.97 Å². The molecule has 20 heavy (non-hydrogen) atoms. The van der Waals surface area contributed by atoms with Gasteiger partial charge in [0.15, 0.2) is 0 Å². The van der Waals surface area contributed by atoms with E-state index in [0.717, 1.165) is 5.56 Å². The van der Waals surface area contributed by atoms with E-state index in [1.54, 1.807) is 20.8 Å². The Morgan fingerprint density at radius 2 is 1.85 bits per heavy atom. The molecule has 0 radical (unpaired) electrons. The lowest BCUT2D eigenvalue weighted by molar-refractivity contribution is -0.204. The van der Waals surface area contributed by atoms with Crippen molar-refractivity contribution in [3.63, 3.8) is 0 Å². The standard InChI is InChI=1S/C8H9NO.C7H10O3/c10-7-9-6-8-4-2-1-3-5-8;1-5-4-6(8)10-7(2,3)9-5/h1-5,7H,6H2,(H,9,10);4H,1-3H3. The molecule has 1 amide bonds. The first-order valence-corrected chi connectivity index (χ1v) is 6.24. The number of benzene rings is 1. The van der Waals surface area contributed by atoms with Crippen LogP contribution in [0.3, 0.4) is 0 Å². The summed E-state index contributed by atoms with van der Waals surface area (Å²) in [6, 6.07) is 9.78. The summed E-state index contributed by atoms with van der Waals surface area (Å²) in [4.78, 5) is 20.6. The van der Waals surface area contributed by atoms with Crippen molar-refractivity contribution in [2.45, 2.75) is 33.1 Å². The lowest BCUT2D eigenvalue weighted by Gasteiger charge is -2.29. The largest absolute Gasteiger partial charge is 0.457 e.